The highest BCUT2D eigenvalue weighted by Crippen LogP contribution is 2.35. The quantitative estimate of drug-likeness (QED) is 0.693. The van der Waals surface area contributed by atoms with Crippen LogP contribution >= 0.6 is 11.8 Å². The van der Waals surface area contributed by atoms with E-state index in [0.717, 1.165) is 0 Å². The van der Waals surface area contributed by atoms with E-state index in [1.54, 1.807) is 18.4 Å². The fourth-order valence-electron chi connectivity index (χ4n) is 2.28. The molecule has 2 aromatic heterocycles. The van der Waals surface area contributed by atoms with E-state index >= 15 is 0 Å². The molecule has 6 nitrogen and oxygen atoms in total. The first-order chi connectivity index (χ1) is 11.6. The van der Waals surface area contributed by atoms with E-state index < -0.39 is 11.2 Å². The van der Waals surface area contributed by atoms with Crippen LogP contribution in [0.25, 0.3) is 11.6 Å². The average molecular weight is 346 g/mol. The van der Waals surface area contributed by atoms with E-state index in [0.29, 0.717) is 28.8 Å². The molecular formula is C16H15FN4O2S. The molecule has 0 bridgehead atoms. The van der Waals surface area contributed by atoms with Gasteiger partial charge < -0.3 is 10.2 Å². The second kappa shape index (κ2) is 6.88. The van der Waals surface area contributed by atoms with Gasteiger partial charge in [0.25, 0.3) is 0 Å². The lowest BCUT2D eigenvalue weighted by molar-refractivity contribution is -0.117. The van der Waals surface area contributed by atoms with Crippen molar-refractivity contribution in [1.82, 2.24) is 14.8 Å². The highest BCUT2D eigenvalue weighted by atomic mass is 32.2. The van der Waals surface area contributed by atoms with Gasteiger partial charge in [0.05, 0.1) is 6.26 Å². The molecule has 0 unspecified atom stereocenters. The summed E-state index contributed by atoms with van der Waals surface area (Å²) in [6.07, 6.45) is 1.56. The largest absolute Gasteiger partial charge is 0.461 e. The zero-order chi connectivity index (χ0) is 17.1. The normalized spacial score (nSPS) is 12.2. The minimum atomic E-state index is -0.690. The molecule has 0 fully saturated rings. The number of aromatic nitrogens is 3. The summed E-state index contributed by atoms with van der Waals surface area (Å²) in [6.45, 7) is 2.54. The molecule has 0 saturated carbocycles. The first-order valence-electron chi connectivity index (χ1n) is 7.28. The Balaban J connectivity index is 1.93. The number of hydrogen-bond acceptors (Lipinski definition) is 5. The Hall–Kier alpha value is -2.61. The Morgan fingerprint density at radius 1 is 1.33 bits per heavy atom. The van der Waals surface area contributed by atoms with Crippen molar-refractivity contribution in [3.05, 3.63) is 54.0 Å². The maximum absolute atomic E-state index is 13.1. The Kier molecular flexibility index (Phi) is 4.66. The molecule has 124 valence electrons. The number of furan rings is 1. The average Bonchev–Trinajstić information content (AvgIpc) is 3.22. The summed E-state index contributed by atoms with van der Waals surface area (Å²) < 4.78 is 20.3. The molecular weight excluding hydrogens is 331 g/mol. The van der Waals surface area contributed by atoms with Gasteiger partial charge in [-0.15, -0.1) is 10.2 Å². The van der Waals surface area contributed by atoms with Crippen molar-refractivity contribution in [2.45, 2.75) is 23.9 Å². The molecule has 0 radical (unpaired) electrons. The van der Waals surface area contributed by atoms with Crippen molar-refractivity contribution in [2.75, 3.05) is 0 Å². The molecule has 0 saturated heterocycles. The first kappa shape index (κ1) is 16.3. The maximum atomic E-state index is 13.1. The van der Waals surface area contributed by atoms with Gasteiger partial charge in [-0.05, 0) is 36.8 Å². The molecule has 2 heterocycles. The fraction of sp³-hybridized carbons (Fsp3) is 0.188. The van der Waals surface area contributed by atoms with Crippen molar-refractivity contribution in [3.8, 4) is 11.6 Å². The monoisotopic (exact) mass is 346 g/mol. The molecule has 3 aromatic rings. The topological polar surface area (TPSA) is 86.9 Å². The smallest absolute Gasteiger partial charge is 0.235 e. The predicted molar refractivity (Wildman–Crippen MR) is 87.6 cm³/mol. The number of rotatable bonds is 6. The molecule has 1 atom stereocenters. The van der Waals surface area contributed by atoms with Gasteiger partial charge in [-0.3, -0.25) is 9.36 Å². The molecule has 0 spiro atoms. The van der Waals surface area contributed by atoms with E-state index in [9.17, 15) is 9.18 Å². The highest BCUT2D eigenvalue weighted by molar-refractivity contribution is 8.00. The van der Waals surface area contributed by atoms with E-state index in [4.69, 9.17) is 10.2 Å². The third kappa shape index (κ3) is 3.18. The Morgan fingerprint density at radius 2 is 2.08 bits per heavy atom. The van der Waals surface area contributed by atoms with Crippen LogP contribution in [0, 0.1) is 5.82 Å². The molecule has 0 aliphatic heterocycles. The Labute approximate surface area is 141 Å². The summed E-state index contributed by atoms with van der Waals surface area (Å²) >= 11 is 1.18. The number of primary amides is 1. The van der Waals surface area contributed by atoms with E-state index in [2.05, 4.69) is 10.2 Å². The third-order valence-corrected chi connectivity index (χ3v) is 4.68. The number of hydrogen-bond donors (Lipinski definition) is 1. The molecule has 2 N–H and O–H groups in total. The van der Waals surface area contributed by atoms with Crippen molar-refractivity contribution < 1.29 is 13.6 Å². The van der Waals surface area contributed by atoms with Gasteiger partial charge in [-0.2, -0.15) is 0 Å². The summed E-state index contributed by atoms with van der Waals surface area (Å²) in [5, 5.41) is 8.13. The lowest BCUT2D eigenvalue weighted by Crippen LogP contribution is -2.19. The number of carbonyl (C=O) groups is 1. The summed E-state index contributed by atoms with van der Waals surface area (Å²) in [5.41, 5.74) is 6.13. The second-order valence-corrected chi connectivity index (χ2v) is 6.05. The van der Waals surface area contributed by atoms with Crippen LogP contribution in [0.1, 0.15) is 17.7 Å². The Bertz CT molecular complexity index is 830. The van der Waals surface area contributed by atoms with Crippen LogP contribution in [-0.2, 0) is 11.3 Å². The minimum absolute atomic E-state index is 0.371. The molecule has 24 heavy (non-hydrogen) atoms. The van der Waals surface area contributed by atoms with Crippen LogP contribution in [0.4, 0.5) is 4.39 Å². The number of nitrogens with two attached hydrogens (primary N) is 1. The standard InChI is InChI=1S/C16H15FN4O2S/c1-2-21-15(12-4-3-9-23-12)19-20-16(21)24-13(14(18)22)10-5-7-11(17)8-6-10/h3-9,13H,2H2,1H3,(H2,18,22)/t13-/m0/s1. The lowest BCUT2D eigenvalue weighted by Gasteiger charge is -2.13. The van der Waals surface area contributed by atoms with Gasteiger partial charge in [0, 0.05) is 6.54 Å². The second-order valence-electron chi connectivity index (χ2n) is 4.98. The summed E-state index contributed by atoms with van der Waals surface area (Å²) in [6, 6.07) is 9.22. The van der Waals surface area contributed by atoms with Crippen LogP contribution in [-0.4, -0.2) is 20.7 Å². The summed E-state index contributed by atoms with van der Waals surface area (Å²) in [4.78, 5) is 11.9. The number of halogens is 1. The molecule has 1 amide bonds. The molecule has 0 aliphatic rings. The number of amides is 1. The molecule has 8 heteroatoms. The molecule has 1 aromatic carbocycles. The first-order valence-corrected chi connectivity index (χ1v) is 8.16. The molecule has 3 rings (SSSR count). The van der Waals surface area contributed by atoms with Crippen LogP contribution in [0.3, 0.4) is 0 Å². The Morgan fingerprint density at radius 3 is 2.67 bits per heavy atom. The van der Waals surface area contributed by atoms with Gasteiger partial charge in [0.2, 0.25) is 5.91 Å². The minimum Gasteiger partial charge on any atom is -0.461 e. The van der Waals surface area contributed by atoms with Crippen LogP contribution in [0.2, 0.25) is 0 Å². The number of carbonyl (C=O) groups excluding carboxylic acids is 1. The van der Waals surface area contributed by atoms with Crippen molar-refractivity contribution in [3.63, 3.8) is 0 Å². The maximum Gasteiger partial charge on any atom is 0.235 e. The summed E-state index contributed by atoms with van der Waals surface area (Å²) in [5.74, 6) is 0.265. The molecule has 0 aliphatic carbocycles. The van der Waals surface area contributed by atoms with E-state index in [-0.39, 0.29) is 5.82 Å². The van der Waals surface area contributed by atoms with Crippen molar-refractivity contribution in [2.24, 2.45) is 5.73 Å². The van der Waals surface area contributed by atoms with Crippen LogP contribution < -0.4 is 5.73 Å². The van der Waals surface area contributed by atoms with Crippen molar-refractivity contribution >= 4 is 17.7 Å². The number of benzene rings is 1. The number of thioether (sulfide) groups is 1. The van der Waals surface area contributed by atoms with Gasteiger partial charge in [-0.1, -0.05) is 23.9 Å². The van der Waals surface area contributed by atoms with Crippen LogP contribution in [0.15, 0.2) is 52.2 Å². The van der Waals surface area contributed by atoms with Crippen molar-refractivity contribution in [1.29, 1.82) is 0 Å². The van der Waals surface area contributed by atoms with Gasteiger partial charge in [0.15, 0.2) is 16.7 Å². The number of nitrogens with zero attached hydrogens (tertiary/aromatic N) is 3. The van der Waals surface area contributed by atoms with Crippen LogP contribution in [0.5, 0.6) is 0 Å². The summed E-state index contributed by atoms with van der Waals surface area (Å²) in [7, 11) is 0. The third-order valence-electron chi connectivity index (χ3n) is 3.43. The van der Waals surface area contributed by atoms with Gasteiger partial charge in [-0.25, -0.2) is 4.39 Å². The fourth-order valence-corrected chi connectivity index (χ4v) is 3.33. The predicted octanol–water partition coefficient (Wildman–Crippen LogP) is 3.02. The SMILES string of the molecule is CCn1c(S[C@H](C(N)=O)c2ccc(F)cc2)nnc1-c1ccco1. The zero-order valence-electron chi connectivity index (χ0n) is 12.8. The zero-order valence-corrected chi connectivity index (χ0v) is 13.7. The van der Waals surface area contributed by atoms with E-state index in [1.165, 1.54) is 36.0 Å². The van der Waals surface area contributed by atoms with Gasteiger partial charge in [0.1, 0.15) is 11.1 Å². The van der Waals surface area contributed by atoms with Gasteiger partial charge >= 0.3 is 0 Å². The lowest BCUT2D eigenvalue weighted by atomic mass is 10.1. The highest BCUT2D eigenvalue weighted by Gasteiger charge is 2.24. The van der Waals surface area contributed by atoms with E-state index in [1.807, 2.05) is 11.5 Å².